The topological polar surface area (TPSA) is 65.4 Å². The van der Waals surface area contributed by atoms with Gasteiger partial charge in [-0.15, -0.1) is 0 Å². The largest absolute Gasteiger partial charge is 0.333 e. The van der Waals surface area contributed by atoms with E-state index in [1.807, 2.05) is 19.9 Å². The summed E-state index contributed by atoms with van der Waals surface area (Å²) in [6, 6.07) is 10.3. The zero-order chi connectivity index (χ0) is 16.4. The number of nitriles is 1. The van der Waals surface area contributed by atoms with Crippen molar-refractivity contribution < 1.29 is 4.39 Å². The molecule has 6 heteroatoms. The van der Waals surface area contributed by atoms with Gasteiger partial charge in [0.2, 0.25) is 0 Å². The lowest BCUT2D eigenvalue weighted by Crippen LogP contribution is -1.94. The minimum Gasteiger partial charge on any atom is -0.333 e. The van der Waals surface area contributed by atoms with E-state index >= 15 is 0 Å². The van der Waals surface area contributed by atoms with E-state index in [4.69, 9.17) is 0 Å². The molecule has 1 N–H and O–H groups in total. The molecule has 0 aliphatic heterocycles. The number of hydrogen-bond acceptors (Lipinski definition) is 4. The molecule has 0 saturated carbocycles. The Kier molecular flexibility index (Phi) is 4.13. The summed E-state index contributed by atoms with van der Waals surface area (Å²) in [5.74, 6) is -0.274. The number of H-pyrrole nitrogens is 1. The van der Waals surface area contributed by atoms with Crippen molar-refractivity contribution in [3.05, 3.63) is 59.3 Å². The van der Waals surface area contributed by atoms with Crippen LogP contribution in [0.3, 0.4) is 0 Å². The van der Waals surface area contributed by atoms with Crippen LogP contribution < -0.4 is 0 Å². The predicted octanol–water partition coefficient (Wildman–Crippen LogP) is 4.25. The molecule has 0 amide bonds. The third-order valence-corrected chi connectivity index (χ3v) is 4.26. The number of aromatic nitrogens is 3. The van der Waals surface area contributed by atoms with Gasteiger partial charge in [0.15, 0.2) is 5.16 Å². The molecule has 0 unspecified atom stereocenters. The molecule has 23 heavy (non-hydrogen) atoms. The first kappa shape index (κ1) is 15.3. The molecule has 3 rings (SSSR count). The summed E-state index contributed by atoms with van der Waals surface area (Å²) in [6.45, 7) is 3.71. The van der Waals surface area contributed by atoms with E-state index in [1.54, 1.807) is 18.3 Å². The van der Waals surface area contributed by atoms with Crippen LogP contribution in [0.25, 0.3) is 11.3 Å². The molecule has 0 radical (unpaired) electrons. The standard InChI is InChI=1S/C17H13FN4S/c1-10-7-16(14(8-19)11(2)21-10)23-17-20-9-15(22-17)12-3-5-13(18)6-4-12/h3-7,9H,1-2H3,(H,20,22). The highest BCUT2D eigenvalue weighted by atomic mass is 32.2. The minimum atomic E-state index is -0.274. The number of nitrogens with zero attached hydrogens (tertiary/aromatic N) is 3. The molecule has 0 saturated heterocycles. The average molecular weight is 324 g/mol. The van der Waals surface area contributed by atoms with Gasteiger partial charge in [0, 0.05) is 10.6 Å². The molecule has 114 valence electrons. The summed E-state index contributed by atoms with van der Waals surface area (Å²) in [5.41, 5.74) is 3.77. The maximum absolute atomic E-state index is 13.0. The quantitative estimate of drug-likeness (QED) is 0.782. The van der Waals surface area contributed by atoms with Crippen molar-refractivity contribution in [3.63, 3.8) is 0 Å². The fraction of sp³-hybridized carbons (Fsp3) is 0.118. The zero-order valence-corrected chi connectivity index (χ0v) is 13.4. The van der Waals surface area contributed by atoms with Gasteiger partial charge in [0.05, 0.1) is 23.1 Å². The number of imidazole rings is 1. The number of nitrogens with one attached hydrogen (secondary N) is 1. The van der Waals surface area contributed by atoms with Crippen molar-refractivity contribution in [2.24, 2.45) is 0 Å². The maximum atomic E-state index is 13.0. The Bertz CT molecular complexity index is 894. The van der Waals surface area contributed by atoms with Crippen molar-refractivity contribution in [2.75, 3.05) is 0 Å². The lowest BCUT2D eigenvalue weighted by molar-refractivity contribution is 0.628. The Labute approximate surface area is 137 Å². The van der Waals surface area contributed by atoms with Crippen LogP contribution in [0.1, 0.15) is 17.0 Å². The van der Waals surface area contributed by atoms with Gasteiger partial charge in [-0.25, -0.2) is 9.37 Å². The van der Waals surface area contributed by atoms with Crippen LogP contribution in [0.15, 0.2) is 46.6 Å². The maximum Gasteiger partial charge on any atom is 0.170 e. The van der Waals surface area contributed by atoms with Gasteiger partial charge in [-0.1, -0.05) is 11.8 Å². The van der Waals surface area contributed by atoms with E-state index in [1.165, 1.54) is 23.9 Å². The average Bonchev–Trinajstić information content (AvgIpc) is 2.96. The molecule has 0 aliphatic carbocycles. The van der Waals surface area contributed by atoms with Gasteiger partial charge >= 0.3 is 0 Å². The van der Waals surface area contributed by atoms with Crippen LogP contribution in [0.4, 0.5) is 4.39 Å². The number of benzene rings is 1. The molecule has 2 heterocycles. The SMILES string of the molecule is Cc1cc(Sc2ncc(-c3ccc(F)cc3)[nH]2)c(C#N)c(C)n1. The molecule has 0 fully saturated rings. The van der Waals surface area contributed by atoms with Crippen LogP contribution in [0.5, 0.6) is 0 Å². The van der Waals surface area contributed by atoms with E-state index in [9.17, 15) is 9.65 Å². The second kappa shape index (κ2) is 6.23. The normalized spacial score (nSPS) is 10.5. The lowest BCUT2D eigenvalue weighted by Gasteiger charge is -2.05. The third kappa shape index (κ3) is 3.25. The highest BCUT2D eigenvalue weighted by Gasteiger charge is 2.12. The third-order valence-electron chi connectivity index (χ3n) is 3.32. The van der Waals surface area contributed by atoms with E-state index in [-0.39, 0.29) is 5.82 Å². The van der Waals surface area contributed by atoms with E-state index < -0.39 is 0 Å². The number of hydrogen-bond donors (Lipinski definition) is 1. The number of pyridine rings is 1. The highest BCUT2D eigenvalue weighted by Crippen LogP contribution is 2.31. The number of halogens is 1. The molecule has 0 aliphatic rings. The molecule has 0 bridgehead atoms. The fourth-order valence-electron chi connectivity index (χ4n) is 2.24. The van der Waals surface area contributed by atoms with Crippen molar-refractivity contribution >= 4 is 11.8 Å². The molecule has 0 spiro atoms. The Hall–Kier alpha value is -2.65. The molecular weight excluding hydrogens is 311 g/mol. The van der Waals surface area contributed by atoms with Crippen molar-refractivity contribution in [1.82, 2.24) is 15.0 Å². The Morgan fingerprint density at radius 1 is 1.22 bits per heavy atom. The van der Waals surface area contributed by atoms with Crippen LogP contribution in [-0.2, 0) is 0 Å². The molecular formula is C17H13FN4S. The first-order chi connectivity index (χ1) is 11.1. The monoisotopic (exact) mass is 324 g/mol. The highest BCUT2D eigenvalue weighted by molar-refractivity contribution is 7.99. The number of aryl methyl sites for hydroxylation is 2. The van der Waals surface area contributed by atoms with Crippen LogP contribution >= 0.6 is 11.8 Å². The smallest absolute Gasteiger partial charge is 0.170 e. The Balaban J connectivity index is 1.91. The second-order valence-corrected chi connectivity index (χ2v) is 6.08. The van der Waals surface area contributed by atoms with Crippen molar-refractivity contribution in [3.8, 4) is 17.3 Å². The fourth-order valence-corrected chi connectivity index (χ4v) is 3.24. The van der Waals surface area contributed by atoms with Gasteiger partial charge in [-0.05, 0) is 49.7 Å². The van der Waals surface area contributed by atoms with E-state index in [0.717, 1.165) is 21.8 Å². The van der Waals surface area contributed by atoms with Crippen LogP contribution in [-0.4, -0.2) is 15.0 Å². The van der Waals surface area contributed by atoms with Gasteiger partial charge in [0.1, 0.15) is 11.9 Å². The van der Waals surface area contributed by atoms with E-state index in [0.29, 0.717) is 16.4 Å². The minimum absolute atomic E-state index is 0.274. The molecule has 1 aromatic carbocycles. The summed E-state index contributed by atoms with van der Waals surface area (Å²) < 4.78 is 13.0. The summed E-state index contributed by atoms with van der Waals surface area (Å²) in [6.07, 6.45) is 1.70. The first-order valence-corrected chi connectivity index (χ1v) is 7.75. The van der Waals surface area contributed by atoms with Crippen molar-refractivity contribution in [1.29, 1.82) is 5.26 Å². The number of rotatable bonds is 3. The van der Waals surface area contributed by atoms with Crippen LogP contribution in [0.2, 0.25) is 0 Å². The van der Waals surface area contributed by atoms with Gasteiger partial charge in [-0.2, -0.15) is 5.26 Å². The molecule has 0 atom stereocenters. The Morgan fingerprint density at radius 3 is 2.65 bits per heavy atom. The summed E-state index contributed by atoms with van der Waals surface area (Å²) in [4.78, 5) is 12.6. The van der Waals surface area contributed by atoms with Crippen LogP contribution in [0, 0.1) is 31.0 Å². The first-order valence-electron chi connectivity index (χ1n) is 6.94. The van der Waals surface area contributed by atoms with Crippen molar-refractivity contribution in [2.45, 2.75) is 23.9 Å². The van der Waals surface area contributed by atoms with E-state index in [2.05, 4.69) is 21.0 Å². The number of aromatic amines is 1. The lowest BCUT2D eigenvalue weighted by atomic mass is 10.2. The van der Waals surface area contributed by atoms with Gasteiger partial charge < -0.3 is 4.98 Å². The summed E-state index contributed by atoms with van der Waals surface area (Å²) >= 11 is 1.38. The van der Waals surface area contributed by atoms with Gasteiger partial charge in [-0.3, -0.25) is 4.98 Å². The summed E-state index contributed by atoms with van der Waals surface area (Å²) in [5, 5.41) is 9.98. The zero-order valence-electron chi connectivity index (χ0n) is 12.6. The molecule has 4 nitrogen and oxygen atoms in total. The molecule has 3 aromatic rings. The predicted molar refractivity (Wildman–Crippen MR) is 86.5 cm³/mol. The molecule has 2 aromatic heterocycles. The summed E-state index contributed by atoms with van der Waals surface area (Å²) in [7, 11) is 0. The van der Waals surface area contributed by atoms with Gasteiger partial charge in [0.25, 0.3) is 0 Å². The Morgan fingerprint density at radius 2 is 1.96 bits per heavy atom. The second-order valence-electron chi connectivity index (χ2n) is 5.04.